The van der Waals surface area contributed by atoms with Crippen LogP contribution in [-0.2, 0) is 11.2 Å². The molecule has 3 N–H and O–H groups in total. The minimum atomic E-state index is -1.00. The molecule has 2 aromatic heterocycles. The lowest BCUT2D eigenvalue weighted by atomic mass is 10.1. The second kappa shape index (κ2) is 3.66. The maximum absolute atomic E-state index is 10.6. The normalized spacial score (nSPS) is 12.9. The SMILES string of the molecule is NC(Cc1ccn2ncnc2c1)C(=O)O. The average Bonchev–Trinajstić information content (AvgIpc) is 2.64. The molecule has 0 spiro atoms. The maximum Gasteiger partial charge on any atom is 0.320 e. The van der Waals surface area contributed by atoms with Gasteiger partial charge in [0.25, 0.3) is 0 Å². The van der Waals surface area contributed by atoms with Crippen LogP contribution in [0.2, 0.25) is 0 Å². The zero-order valence-electron chi connectivity index (χ0n) is 7.87. The molecule has 6 heteroatoms. The van der Waals surface area contributed by atoms with Crippen molar-refractivity contribution < 1.29 is 9.90 Å². The maximum atomic E-state index is 10.6. The van der Waals surface area contributed by atoms with Crippen LogP contribution in [0.1, 0.15) is 5.56 Å². The number of pyridine rings is 1. The van der Waals surface area contributed by atoms with Crippen molar-refractivity contribution in [1.82, 2.24) is 14.6 Å². The third kappa shape index (κ3) is 1.94. The highest BCUT2D eigenvalue weighted by atomic mass is 16.4. The van der Waals surface area contributed by atoms with Crippen molar-refractivity contribution in [2.24, 2.45) is 5.73 Å². The number of rotatable bonds is 3. The summed E-state index contributed by atoms with van der Waals surface area (Å²) in [7, 11) is 0. The molecule has 1 unspecified atom stereocenters. The summed E-state index contributed by atoms with van der Waals surface area (Å²) in [4.78, 5) is 14.6. The van der Waals surface area contributed by atoms with Crippen LogP contribution >= 0.6 is 0 Å². The van der Waals surface area contributed by atoms with E-state index in [2.05, 4.69) is 10.1 Å². The Morgan fingerprint density at radius 3 is 3.20 bits per heavy atom. The monoisotopic (exact) mass is 206 g/mol. The predicted octanol–water partition coefficient (Wildman–Crippen LogP) is -0.316. The molecule has 0 aromatic carbocycles. The largest absolute Gasteiger partial charge is 0.480 e. The van der Waals surface area contributed by atoms with E-state index in [1.165, 1.54) is 6.33 Å². The molecule has 0 fully saturated rings. The molecule has 0 aliphatic carbocycles. The van der Waals surface area contributed by atoms with Gasteiger partial charge in [-0.2, -0.15) is 5.10 Å². The zero-order valence-corrected chi connectivity index (χ0v) is 7.87. The lowest BCUT2D eigenvalue weighted by Crippen LogP contribution is -2.32. The summed E-state index contributed by atoms with van der Waals surface area (Å²) in [6, 6.07) is 2.68. The van der Waals surface area contributed by atoms with E-state index in [0.29, 0.717) is 12.1 Å². The fraction of sp³-hybridized carbons (Fsp3) is 0.222. The number of hydrogen-bond donors (Lipinski definition) is 2. The Labute approximate surface area is 85.3 Å². The van der Waals surface area contributed by atoms with Gasteiger partial charge < -0.3 is 10.8 Å². The Balaban J connectivity index is 2.24. The van der Waals surface area contributed by atoms with Crippen molar-refractivity contribution in [3.8, 4) is 0 Å². The minimum absolute atomic E-state index is 0.290. The third-order valence-electron chi connectivity index (χ3n) is 2.12. The van der Waals surface area contributed by atoms with Gasteiger partial charge in [0.05, 0.1) is 0 Å². The van der Waals surface area contributed by atoms with Gasteiger partial charge in [-0.15, -0.1) is 0 Å². The van der Waals surface area contributed by atoms with E-state index in [1.807, 2.05) is 0 Å². The number of nitrogens with two attached hydrogens (primary N) is 1. The Morgan fingerprint density at radius 1 is 1.67 bits per heavy atom. The van der Waals surface area contributed by atoms with Gasteiger partial charge in [-0.25, -0.2) is 9.50 Å². The van der Waals surface area contributed by atoms with E-state index in [0.717, 1.165) is 5.56 Å². The van der Waals surface area contributed by atoms with Crippen LogP contribution in [0.15, 0.2) is 24.7 Å². The van der Waals surface area contributed by atoms with E-state index in [4.69, 9.17) is 10.8 Å². The second-order valence-corrected chi connectivity index (χ2v) is 3.25. The molecule has 2 rings (SSSR count). The van der Waals surface area contributed by atoms with Gasteiger partial charge in [-0.05, 0) is 24.1 Å². The van der Waals surface area contributed by atoms with Crippen LogP contribution in [-0.4, -0.2) is 31.7 Å². The number of aromatic nitrogens is 3. The smallest absolute Gasteiger partial charge is 0.320 e. The number of nitrogens with zero attached hydrogens (tertiary/aromatic N) is 3. The first-order chi connectivity index (χ1) is 7.16. The summed E-state index contributed by atoms with van der Waals surface area (Å²) >= 11 is 0. The topological polar surface area (TPSA) is 93.5 Å². The molecule has 0 aliphatic rings. The van der Waals surface area contributed by atoms with Crippen molar-refractivity contribution in [2.75, 3.05) is 0 Å². The molecule has 0 aliphatic heterocycles. The molecule has 0 bridgehead atoms. The van der Waals surface area contributed by atoms with Crippen LogP contribution in [0, 0.1) is 0 Å². The quantitative estimate of drug-likeness (QED) is 0.718. The summed E-state index contributed by atoms with van der Waals surface area (Å²) < 4.78 is 1.61. The highest BCUT2D eigenvalue weighted by Crippen LogP contribution is 2.06. The number of aliphatic carboxylic acids is 1. The molecular weight excluding hydrogens is 196 g/mol. The molecular formula is C9H10N4O2. The first kappa shape index (κ1) is 9.60. The first-order valence-electron chi connectivity index (χ1n) is 4.43. The van der Waals surface area contributed by atoms with Gasteiger partial charge in [-0.3, -0.25) is 4.79 Å². The van der Waals surface area contributed by atoms with E-state index >= 15 is 0 Å². The van der Waals surface area contributed by atoms with E-state index in [9.17, 15) is 4.79 Å². The van der Waals surface area contributed by atoms with Crippen molar-refractivity contribution in [3.63, 3.8) is 0 Å². The zero-order chi connectivity index (χ0) is 10.8. The summed E-state index contributed by atoms with van der Waals surface area (Å²) in [6.45, 7) is 0. The number of fused-ring (bicyclic) bond motifs is 1. The van der Waals surface area contributed by atoms with Crippen molar-refractivity contribution in [3.05, 3.63) is 30.2 Å². The number of carboxylic acids is 1. The van der Waals surface area contributed by atoms with Gasteiger partial charge in [0.2, 0.25) is 0 Å². The Morgan fingerprint density at radius 2 is 2.47 bits per heavy atom. The molecule has 1 atom stereocenters. The van der Waals surface area contributed by atoms with Gasteiger partial charge in [0, 0.05) is 6.20 Å². The summed E-state index contributed by atoms with van der Waals surface area (Å²) in [5.41, 5.74) is 6.95. The molecule has 78 valence electrons. The third-order valence-corrected chi connectivity index (χ3v) is 2.12. The van der Waals surface area contributed by atoms with Crippen molar-refractivity contribution in [1.29, 1.82) is 0 Å². The molecule has 2 heterocycles. The molecule has 6 nitrogen and oxygen atoms in total. The summed E-state index contributed by atoms with van der Waals surface area (Å²) in [5.74, 6) is -1.00. The van der Waals surface area contributed by atoms with Gasteiger partial charge in [0.15, 0.2) is 5.65 Å². The van der Waals surface area contributed by atoms with Crippen LogP contribution in [0.5, 0.6) is 0 Å². The van der Waals surface area contributed by atoms with Gasteiger partial charge in [0.1, 0.15) is 12.4 Å². The van der Waals surface area contributed by atoms with E-state index in [-0.39, 0.29) is 0 Å². The highest BCUT2D eigenvalue weighted by molar-refractivity contribution is 5.73. The number of carbonyl (C=O) groups is 1. The molecule has 2 aromatic rings. The van der Waals surface area contributed by atoms with Crippen LogP contribution < -0.4 is 5.73 Å². The van der Waals surface area contributed by atoms with Crippen molar-refractivity contribution in [2.45, 2.75) is 12.5 Å². The molecule has 0 saturated carbocycles. The Hall–Kier alpha value is -1.95. The van der Waals surface area contributed by atoms with E-state index in [1.54, 1.807) is 22.8 Å². The van der Waals surface area contributed by atoms with Gasteiger partial charge >= 0.3 is 5.97 Å². The predicted molar refractivity (Wildman–Crippen MR) is 52.3 cm³/mol. The Kier molecular flexibility index (Phi) is 2.34. The second-order valence-electron chi connectivity index (χ2n) is 3.25. The summed E-state index contributed by atoms with van der Waals surface area (Å²) in [5, 5.41) is 12.6. The van der Waals surface area contributed by atoms with E-state index < -0.39 is 12.0 Å². The van der Waals surface area contributed by atoms with Crippen molar-refractivity contribution >= 4 is 11.6 Å². The number of carboxylic acid groups (broad SMARTS) is 1. The fourth-order valence-electron chi connectivity index (χ4n) is 1.33. The lowest BCUT2D eigenvalue weighted by molar-refractivity contribution is -0.138. The minimum Gasteiger partial charge on any atom is -0.480 e. The average molecular weight is 206 g/mol. The highest BCUT2D eigenvalue weighted by Gasteiger charge is 2.12. The first-order valence-corrected chi connectivity index (χ1v) is 4.43. The standard InChI is InChI=1S/C9H10N4O2/c10-7(9(14)15)3-6-1-2-13-8(4-6)11-5-12-13/h1-2,4-5,7H,3,10H2,(H,14,15). The molecule has 0 saturated heterocycles. The molecule has 0 amide bonds. The summed E-state index contributed by atoms with van der Waals surface area (Å²) in [6.07, 6.45) is 3.46. The molecule has 0 radical (unpaired) electrons. The Bertz CT molecular complexity index is 494. The fourth-order valence-corrected chi connectivity index (χ4v) is 1.33. The van der Waals surface area contributed by atoms with Crippen LogP contribution in [0.3, 0.4) is 0 Å². The van der Waals surface area contributed by atoms with Crippen LogP contribution in [0.25, 0.3) is 5.65 Å². The lowest BCUT2D eigenvalue weighted by Gasteiger charge is -2.05. The van der Waals surface area contributed by atoms with Crippen LogP contribution in [0.4, 0.5) is 0 Å². The number of hydrogen-bond acceptors (Lipinski definition) is 4. The van der Waals surface area contributed by atoms with Gasteiger partial charge in [-0.1, -0.05) is 0 Å². The molecule has 15 heavy (non-hydrogen) atoms.